The lowest BCUT2D eigenvalue weighted by molar-refractivity contribution is -0.384. The summed E-state index contributed by atoms with van der Waals surface area (Å²) in [5.74, 6) is -0.231. The molecule has 1 N–H and O–H groups in total. The van der Waals surface area contributed by atoms with E-state index in [4.69, 9.17) is 9.47 Å². The van der Waals surface area contributed by atoms with Crippen LogP contribution in [0, 0.1) is 10.1 Å². The molecule has 1 aliphatic heterocycles. The van der Waals surface area contributed by atoms with Crippen molar-refractivity contribution in [1.82, 2.24) is 9.62 Å². The van der Waals surface area contributed by atoms with E-state index in [1.165, 1.54) is 41.7 Å². The maximum absolute atomic E-state index is 12.6. The van der Waals surface area contributed by atoms with Gasteiger partial charge in [0.2, 0.25) is 26.0 Å². The minimum absolute atomic E-state index is 0.0241. The first-order chi connectivity index (χ1) is 17.4. The second-order valence-corrected chi connectivity index (χ2v) is 12.0. The molecule has 2 aromatic rings. The van der Waals surface area contributed by atoms with Crippen LogP contribution in [0.5, 0.6) is 11.5 Å². The van der Waals surface area contributed by atoms with Crippen LogP contribution in [0.2, 0.25) is 0 Å². The highest BCUT2D eigenvalue weighted by Crippen LogP contribution is 2.33. The molecule has 37 heavy (non-hydrogen) atoms. The summed E-state index contributed by atoms with van der Waals surface area (Å²) in [6.45, 7) is 0.425. The highest BCUT2D eigenvalue weighted by Gasteiger charge is 2.27. The van der Waals surface area contributed by atoms with Crippen LogP contribution in [0.4, 0.5) is 11.4 Å². The van der Waals surface area contributed by atoms with Gasteiger partial charge in [-0.2, -0.15) is 4.31 Å². The smallest absolute Gasteiger partial charge is 0.271 e. The SMILES string of the molecule is COc1ccc([N+](=O)[O-])cc1N(CC(=O)NCCOc1ccc(S(=O)(=O)N2CCCC2)cc1)S(C)(=O)=O. The van der Waals surface area contributed by atoms with Crippen LogP contribution in [0.25, 0.3) is 0 Å². The highest BCUT2D eigenvalue weighted by molar-refractivity contribution is 7.92. The van der Waals surface area contributed by atoms with Gasteiger partial charge in [-0.05, 0) is 43.2 Å². The lowest BCUT2D eigenvalue weighted by Gasteiger charge is -2.23. The summed E-state index contributed by atoms with van der Waals surface area (Å²) >= 11 is 0. The summed E-state index contributed by atoms with van der Waals surface area (Å²) in [7, 11) is -6.25. The zero-order chi connectivity index (χ0) is 27.2. The van der Waals surface area contributed by atoms with E-state index >= 15 is 0 Å². The van der Waals surface area contributed by atoms with E-state index in [9.17, 15) is 31.7 Å². The number of rotatable bonds is 12. The summed E-state index contributed by atoms with van der Waals surface area (Å²) in [4.78, 5) is 23.1. The molecule has 1 heterocycles. The molecule has 1 fully saturated rings. The Hall–Kier alpha value is -3.43. The number of hydrogen-bond donors (Lipinski definition) is 1. The number of hydrogen-bond acceptors (Lipinski definition) is 9. The Morgan fingerprint density at radius 1 is 1.11 bits per heavy atom. The van der Waals surface area contributed by atoms with Crippen LogP contribution in [0.1, 0.15) is 12.8 Å². The Bertz CT molecular complexity index is 1340. The van der Waals surface area contributed by atoms with Gasteiger partial charge in [0.05, 0.1) is 29.7 Å². The minimum atomic E-state index is -4.00. The van der Waals surface area contributed by atoms with Gasteiger partial charge >= 0.3 is 0 Å². The number of nitrogens with zero attached hydrogens (tertiary/aromatic N) is 3. The van der Waals surface area contributed by atoms with Gasteiger partial charge in [-0.25, -0.2) is 16.8 Å². The maximum atomic E-state index is 12.6. The van der Waals surface area contributed by atoms with Gasteiger partial charge < -0.3 is 14.8 Å². The van der Waals surface area contributed by atoms with E-state index in [0.717, 1.165) is 31.2 Å². The van der Waals surface area contributed by atoms with Crippen LogP contribution in [-0.2, 0) is 24.8 Å². The van der Waals surface area contributed by atoms with Crippen molar-refractivity contribution in [3.8, 4) is 11.5 Å². The first-order valence-electron chi connectivity index (χ1n) is 11.2. The van der Waals surface area contributed by atoms with E-state index in [2.05, 4.69) is 5.32 Å². The fourth-order valence-electron chi connectivity index (χ4n) is 3.70. The number of carbonyl (C=O) groups excluding carboxylic acids is 1. The molecular formula is C22H28N4O9S2. The molecule has 2 aromatic carbocycles. The molecule has 0 radical (unpaired) electrons. The van der Waals surface area contributed by atoms with Gasteiger partial charge in [-0.15, -0.1) is 0 Å². The van der Waals surface area contributed by atoms with E-state index in [1.54, 1.807) is 0 Å². The number of nitro benzene ring substituents is 1. The van der Waals surface area contributed by atoms with Crippen molar-refractivity contribution in [3.63, 3.8) is 0 Å². The molecule has 202 valence electrons. The van der Waals surface area contributed by atoms with Crippen LogP contribution in [-0.4, -0.2) is 78.1 Å². The standard InChI is InChI=1S/C22H28N4O9S2/c1-34-21-10-5-17(26(28)29)15-20(21)25(36(2,30)31)16-22(27)23-11-14-35-18-6-8-19(9-7-18)37(32,33)24-12-3-4-13-24/h5-10,15H,3-4,11-14,16H2,1-2H3,(H,23,27). The second kappa shape index (κ2) is 11.7. The molecular weight excluding hydrogens is 528 g/mol. The van der Waals surface area contributed by atoms with E-state index < -0.39 is 37.4 Å². The number of benzene rings is 2. The number of carbonyl (C=O) groups is 1. The average Bonchev–Trinajstić information content (AvgIpc) is 3.40. The predicted octanol–water partition coefficient (Wildman–Crippen LogP) is 1.35. The molecule has 3 rings (SSSR count). The number of methoxy groups -OCH3 is 1. The molecule has 0 aliphatic carbocycles. The molecule has 15 heteroatoms. The summed E-state index contributed by atoms with van der Waals surface area (Å²) in [5.41, 5.74) is -0.507. The van der Waals surface area contributed by atoms with Crippen LogP contribution in [0.3, 0.4) is 0 Å². The van der Waals surface area contributed by atoms with Crippen molar-refractivity contribution in [2.75, 3.05) is 50.5 Å². The van der Waals surface area contributed by atoms with Crippen molar-refractivity contribution in [2.24, 2.45) is 0 Å². The average molecular weight is 557 g/mol. The quantitative estimate of drug-likeness (QED) is 0.231. The number of sulfonamides is 2. The topological polar surface area (TPSA) is 165 Å². The molecule has 0 unspecified atom stereocenters. The van der Waals surface area contributed by atoms with Crippen LogP contribution < -0.4 is 19.1 Å². The minimum Gasteiger partial charge on any atom is -0.495 e. The third kappa shape index (κ3) is 7.08. The summed E-state index contributed by atoms with van der Waals surface area (Å²) in [6.07, 6.45) is 2.55. The van der Waals surface area contributed by atoms with Crippen LogP contribution in [0.15, 0.2) is 47.4 Å². The largest absolute Gasteiger partial charge is 0.495 e. The summed E-state index contributed by atoms with van der Waals surface area (Å²) in [5, 5.41) is 13.7. The summed E-state index contributed by atoms with van der Waals surface area (Å²) in [6, 6.07) is 9.38. The Balaban J connectivity index is 1.57. The Morgan fingerprint density at radius 3 is 2.32 bits per heavy atom. The van der Waals surface area contributed by atoms with Crippen molar-refractivity contribution in [2.45, 2.75) is 17.7 Å². The van der Waals surface area contributed by atoms with Crippen molar-refractivity contribution in [1.29, 1.82) is 0 Å². The van der Waals surface area contributed by atoms with Gasteiger partial charge in [0.1, 0.15) is 30.3 Å². The monoisotopic (exact) mass is 556 g/mol. The van der Waals surface area contributed by atoms with Crippen LogP contribution >= 0.6 is 0 Å². The number of anilines is 1. The van der Waals surface area contributed by atoms with E-state index in [1.807, 2.05) is 0 Å². The summed E-state index contributed by atoms with van der Waals surface area (Å²) < 4.78 is 62.7. The number of amides is 1. The molecule has 0 saturated carbocycles. The molecule has 0 atom stereocenters. The number of non-ortho nitro benzene ring substituents is 1. The first-order valence-corrected chi connectivity index (χ1v) is 14.5. The van der Waals surface area contributed by atoms with Crippen molar-refractivity contribution >= 4 is 37.3 Å². The molecule has 0 aromatic heterocycles. The molecule has 1 saturated heterocycles. The number of ether oxygens (including phenoxy) is 2. The van der Waals surface area contributed by atoms with Gasteiger partial charge in [-0.3, -0.25) is 19.2 Å². The van der Waals surface area contributed by atoms with E-state index in [0.29, 0.717) is 23.1 Å². The Morgan fingerprint density at radius 2 is 1.76 bits per heavy atom. The molecule has 13 nitrogen and oxygen atoms in total. The maximum Gasteiger partial charge on any atom is 0.271 e. The number of nitrogens with one attached hydrogen (secondary N) is 1. The second-order valence-electron chi connectivity index (χ2n) is 8.16. The molecule has 0 bridgehead atoms. The lowest BCUT2D eigenvalue weighted by atomic mass is 10.2. The number of nitro groups is 1. The first kappa shape index (κ1) is 28.1. The van der Waals surface area contributed by atoms with Gasteiger partial charge in [0.25, 0.3) is 5.69 Å². The predicted molar refractivity (Wildman–Crippen MR) is 135 cm³/mol. The molecule has 0 spiro atoms. The third-order valence-electron chi connectivity index (χ3n) is 5.55. The van der Waals surface area contributed by atoms with E-state index in [-0.39, 0.29) is 35.2 Å². The van der Waals surface area contributed by atoms with Gasteiger partial charge in [0, 0.05) is 25.2 Å². The van der Waals surface area contributed by atoms with Gasteiger partial charge in [0.15, 0.2) is 0 Å². The fourth-order valence-corrected chi connectivity index (χ4v) is 6.07. The van der Waals surface area contributed by atoms with Crippen molar-refractivity contribution in [3.05, 3.63) is 52.6 Å². The highest BCUT2D eigenvalue weighted by atomic mass is 32.2. The fraction of sp³-hybridized carbons (Fsp3) is 0.409. The lowest BCUT2D eigenvalue weighted by Crippen LogP contribution is -2.41. The third-order valence-corrected chi connectivity index (χ3v) is 8.59. The molecule has 1 aliphatic rings. The Labute approximate surface area is 215 Å². The van der Waals surface area contributed by atoms with Gasteiger partial charge in [-0.1, -0.05) is 0 Å². The molecule has 1 amide bonds. The normalized spacial score (nSPS) is 14.2. The zero-order valence-electron chi connectivity index (χ0n) is 20.3. The Kier molecular flexibility index (Phi) is 8.94. The zero-order valence-corrected chi connectivity index (χ0v) is 22.0. The van der Waals surface area contributed by atoms with Crippen molar-refractivity contribution < 1.29 is 36.0 Å².